The summed E-state index contributed by atoms with van der Waals surface area (Å²) in [6, 6.07) is 0. The first-order chi connectivity index (χ1) is 15.9. The van der Waals surface area contributed by atoms with Gasteiger partial charge in [-0.05, 0) is 76.3 Å². The highest BCUT2D eigenvalue weighted by Gasteiger charge is 2.30. The molecule has 0 bridgehead atoms. The fourth-order valence-corrected chi connectivity index (χ4v) is 6.28. The van der Waals surface area contributed by atoms with Gasteiger partial charge in [0.25, 0.3) is 0 Å². The van der Waals surface area contributed by atoms with Crippen molar-refractivity contribution in [2.75, 3.05) is 63.9 Å². The molecule has 0 radical (unpaired) electrons. The molecule has 2 aliphatic heterocycles. The van der Waals surface area contributed by atoms with Gasteiger partial charge in [-0.1, -0.05) is 0 Å². The summed E-state index contributed by atoms with van der Waals surface area (Å²) in [5, 5.41) is 6.15. The van der Waals surface area contributed by atoms with Crippen LogP contribution in [-0.4, -0.2) is 93.9 Å². The molecular formula is C24H42N4O4S. The predicted molar refractivity (Wildman–Crippen MR) is 128 cm³/mol. The quantitative estimate of drug-likeness (QED) is 0.428. The molecule has 0 aromatic rings. The van der Waals surface area contributed by atoms with Gasteiger partial charge in [0.2, 0.25) is 11.8 Å². The van der Waals surface area contributed by atoms with Crippen LogP contribution < -0.4 is 10.6 Å². The Morgan fingerprint density at radius 1 is 0.697 bits per heavy atom. The highest BCUT2D eigenvalue weighted by atomic mass is 32.2. The molecule has 2 amide bonds. The molecule has 2 unspecified atom stereocenters. The molecule has 2 N–H and O–H groups in total. The minimum absolute atomic E-state index is 0.0171. The Morgan fingerprint density at radius 3 is 1.52 bits per heavy atom. The number of likely N-dealkylation sites (tertiary alicyclic amines) is 2. The van der Waals surface area contributed by atoms with E-state index in [1.165, 1.54) is 25.7 Å². The number of hydrogen-bond acceptors (Lipinski definition) is 6. The molecule has 4 rings (SSSR count). The van der Waals surface area contributed by atoms with Crippen LogP contribution in [0.5, 0.6) is 0 Å². The molecule has 188 valence electrons. The second kappa shape index (κ2) is 11.5. The number of rotatable bonds is 12. The van der Waals surface area contributed by atoms with Gasteiger partial charge < -0.3 is 20.4 Å². The van der Waals surface area contributed by atoms with Crippen LogP contribution in [0.15, 0.2) is 0 Å². The number of nitrogens with one attached hydrogen (secondary N) is 2. The lowest BCUT2D eigenvalue weighted by molar-refractivity contribution is -0.127. The molecule has 2 saturated carbocycles. The number of carbonyl (C=O) groups is 2. The van der Waals surface area contributed by atoms with Crippen LogP contribution >= 0.6 is 0 Å². The highest BCUT2D eigenvalue weighted by Crippen LogP contribution is 2.28. The fraction of sp³-hybridized carbons (Fsp3) is 0.917. The number of piperidine rings is 2. The molecule has 4 aliphatic rings. The van der Waals surface area contributed by atoms with Crippen molar-refractivity contribution in [3.8, 4) is 0 Å². The van der Waals surface area contributed by atoms with Gasteiger partial charge in [0.05, 0.1) is 23.3 Å². The van der Waals surface area contributed by atoms with E-state index in [9.17, 15) is 18.0 Å². The molecule has 0 spiro atoms. The molecular weight excluding hydrogens is 440 g/mol. The van der Waals surface area contributed by atoms with Crippen LogP contribution in [0.3, 0.4) is 0 Å². The number of carbonyl (C=O) groups excluding carboxylic acids is 2. The standard InChI is InChI=1S/C24H42N4O4S/c29-23(25-15-19-5-6-19)21-3-1-9-27(17-21)11-13-33(31,32)14-12-28-10-2-4-22(18-28)24(30)26-16-20-7-8-20/h19-22H,1-18H2,(H,25,29)(H,26,30). The minimum atomic E-state index is -3.17. The summed E-state index contributed by atoms with van der Waals surface area (Å²) in [4.78, 5) is 29.1. The third-order valence-electron chi connectivity index (χ3n) is 7.71. The van der Waals surface area contributed by atoms with E-state index in [4.69, 9.17) is 0 Å². The SMILES string of the molecule is O=C(NCC1CC1)C1CCCN(CCS(=O)(=O)CCN2CCCC(C(=O)NCC3CC3)C2)C1. The Morgan fingerprint density at radius 2 is 1.12 bits per heavy atom. The lowest BCUT2D eigenvalue weighted by atomic mass is 9.97. The van der Waals surface area contributed by atoms with Gasteiger partial charge in [0, 0.05) is 39.3 Å². The zero-order valence-electron chi connectivity index (χ0n) is 20.0. The maximum Gasteiger partial charge on any atom is 0.224 e. The number of amides is 2. The fourth-order valence-electron chi connectivity index (χ4n) is 5.01. The smallest absolute Gasteiger partial charge is 0.224 e. The van der Waals surface area contributed by atoms with Gasteiger partial charge >= 0.3 is 0 Å². The summed E-state index contributed by atoms with van der Waals surface area (Å²) in [6.45, 7) is 5.65. The molecule has 0 aromatic heterocycles. The van der Waals surface area contributed by atoms with Crippen molar-refractivity contribution in [1.29, 1.82) is 0 Å². The van der Waals surface area contributed by atoms with Gasteiger partial charge in [-0.2, -0.15) is 0 Å². The second-order valence-corrected chi connectivity index (χ2v) is 13.1. The first-order valence-electron chi connectivity index (χ1n) is 13.1. The Kier molecular flexibility index (Phi) is 8.68. The van der Waals surface area contributed by atoms with E-state index in [1.54, 1.807) is 0 Å². The van der Waals surface area contributed by atoms with Gasteiger partial charge in [-0.15, -0.1) is 0 Å². The van der Waals surface area contributed by atoms with Crippen molar-refractivity contribution < 1.29 is 18.0 Å². The summed E-state index contributed by atoms with van der Waals surface area (Å²) in [5.74, 6) is 1.86. The van der Waals surface area contributed by atoms with Crippen LogP contribution in [0, 0.1) is 23.7 Å². The first kappa shape index (κ1) is 24.9. The van der Waals surface area contributed by atoms with Crippen molar-refractivity contribution in [3.05, 3.63) is 0 Å². The van der Waals surface area contributed by atoms with E-state index in [1.807, 2.05) is 0 Å². The van der Waals surface area contributed by atoms with Gasteiger partial charge in [0.1, 0.15) is 0 Å². The topological polar surface area (TPSA) is 98.8 Å². The van der Waals surface area contributed by atoms with Crippen molar-refractivity contribution in [1.82, 2.24) is 20.4 Å². The summed E-state index contributed by atoms with van der Waals surface area (Å²) in [7, 11) is -3.17. The molecule has 2 saturated heterocycles. The largest absolute Gasteiger partial charge is 0.356 e. The summed E-state index contributed by atoms with van der Waals surface area (Å²) < 4.78 is 25.4. The highest BCUT2D eigenvalue weighted by molar-refractivity contribution is 7.91. The van der Waals surface area contributed by atoms with E-state index >= 15 is 0 Å². The maximum atomic E-state index is 12.7. The van der Waals surface area contributed by atoms with Crippen molar-refractivity contribution in [2.24, 2.45) is 23.7 Å². The van der Waals surface area contributed by atoms with Crippen LogP contribution in [0.25, 0.3) is 0 Å². The van der Waals surface area contributed by atoms with Crippen molar-refractivity contribution >= 4 is 21.7 Å². The average molecular weight is 483 g/mol. The third kappa shape index (κ3) is 8.51. The molecule has 9 heteroatoms. The van der Waals surface area contributed by atoms with Crippen molar-refractivity contribution in [3.63, 3.8) is 0 Å². The van der Waals surface area contributed by atoms with Gasteiger partial charge in [-0.3, -0.25) is 9.59 Å². The third-order valence-corrected chi connectivity index (χ3v) is 9.32. The summed E-state index contributed by atoms with van der Waals surface area (Å²) in [6.07, 6.45) is 8.57. The predicted octanol–water partition coefficient (Wildman–Crippen LogP) is 0.878. The van der Waals surface area contributed by atoms with E-state index in [0.29, 0.717) is 38.0 Å². The first-order valence-corrected chi connectivity index (χ1v) is 14.9. The van der Waals surface area contributed by atoms with Gasteiger partial charge in [-0.25, -0.2) is 8.42 Å². The Balaban J connectivity index is 1.14. The molecule has 8 nitrogen and oxygen atoms in total. The normalized spacial score (nSPS) is 27.3. The van der Waals surface area contributed by atoms with Crippen LogP contribution in [0.2, 0.25) is 0 Å². The van der Waals surface area contributed by atoms with Gasteiger partial charge in [0.15, 0.2) is 9.84 Å². The zero-order chi connectivity index (χ0) is 23.3. The van der Waals surface area contributed by atoms with Crippen LogP contribution in [-0.2, 0) is 19.4 Å². The molecule has 2 heterocycles. The molecule has 2 atom stereocenters. The van der Waals surface area contributed by atoms with Crippen molar-refractivity contribution in [2.45, 2.75) is 51.4 Å². The number of nitrogens with zero attached hydrogens (tertiary/aromatic N) is 2. The Bertz CT molecular complexity index is 723. The lowest BCUT2D eigenvalue weighted by Crippen LogP contribution is -2.46. The second-order valence-electron chi connectivity index (χ2n) is 10.8. The molecule has 0 aromatic carbocycles. The number of hydrogen-bond donors (Lipinski definition) is 2. The van der Waals surface area contributed by atoms with Crippen LogP contribution in [0.1, 0.15) is 51.4 Å². The Labute approximate surface area is 199 Å². The van der Waals surface area contributed by atoms with E-state index in [-0.39, 0.29) is 35.2 Å². The molecule has 33 heavy (non-hydrogen) atoms. The summed E-state index contributed by atoms with van der Waals surface area (Å²) in [5.41, 5.74) is 0. The van der Waals surface area contributed by atoms with Crippen LogP contribution in [0.4, 0.5) is 0 Å². The Hall–Kier alpha value is -1.19. The summed E-state index contributed by atoms with van der Waals surface area (Å²) >= 11 is 0. The zero-order valence-corrected chi connectivity index (χ0v) is 20.8. The lowest BCUT2D eigenvalue weighted by Gasteiger charge is -2.33. The van der Waals surface area contributed by atoms with E-state index in [2.05, 4.69) is 20.4 Å². The maximum absolute atomic E-state index is 12.7. The number of sulfone groups is 1. The monoisotopic (exact) mass is 482 g/mol. The molecule has 4 fully saturated rings. The minimum Gasteiger partial charge on any atom is -0.356 e. The molecule has 2 aliphatic carbocycles. The average Bonchev–Trinajstić information content (AvgIpc) is 3.74. The van der Waals surface area contributed by atoms with E-state index in [0.717, 1.165) is 51.9 Å². The van der Waals surface area contributed by atoms with E-state index < -0.39 is 9.84 Å².